The van der Waals surface area contributed by atoms with Gasteiger partial charge < -0.3 is 10.2 Å². The highest BCUT2D eigenvalue weighted by atomic mass is 19.4. The van der Waals surface area contributed by atoms with Gasteiger partial charge in [0, 0.05) is 5.56 Å². The lowest BCUT2D eigenvalue weighted by molar-refractivity contribution is -0.0687. The van der Waals surface area contributed by atoms with Crippen LogP contribution in [-0.2, 0) is 6.54 Å². The Morgan fingerprint density at radius 3 is 2.62 bits per heavy atom. The van der Waals surface area contributed by atoms with E-state index in [4.69, 9.17) is 10.2 Å². The lowest BCUT2D eigenvalue weighted by Crippen LogP contribution is -2.11. The van der Waals surface area contributed by atoms with Crippen molar-refractivity contribution in [2.75, 3.05) is 0 Å². The van der Waals surface area contributed by atoms with Crippen LogP contribution in [0.3, 0.4) is 0 Å². The van der Waals surface area contributed by atoms with Crippen LogP contribution in [0.15, 0.2) is 23.3 Å². The summed E-state index contributed by atoms with van der Waals surface area (Å²) in [4.78, 5) is 0. The van der Waals surface area contributed by atoms with Crippen molar-refractivity contribution >= 4 is 5.57 Å². The minimum Gasteiger partial charge on any atom is -0.467 e. The summed E-state index contributed by atoms with van der Waals surface area (Å²) in [5, 5.41) is 0. The van der Waals surface area contributed by atoms with E-state index in [1.807, 2.05) is 0 Å². The summed E-state index contributed by atoms with van der Waals surface area (Å²) in [7, 11) is 0. The van der Waals surface area contributed by atoms with Crippen molar-refractivity contribution in [2.45, 2.75) is 12.7 Å². The molecule has 0 atom stereocenters. The number of halogens is 3. The first-order chi connectivity index (χ1) is 5.96. The van der Waals surface area contributed by atoms with E-state index >= 15 is 0 Å². The zero-order chi connectivity index (χ0) is 10.1. The largest absolute Gasteiger partial charge is 0.467 e. The van der Waals surface area contributed by atoms with Gasteiger partial charge in [0.25, 0.3) is 0 Å². The number of rotatable bonds is 2. The molecule has 1 aromatic rings. The molecule has 0 saturated heterocycles. The smallest absolute Gasteiger partial charge is 0.416 e. The number of allylic oxidation sites excluding steroid dienone is 1. The highest BCUT2D eigenvalue weighted by molar-refractivity contribution is 5.68. The molecular weight excluding hydrogens is 183 g/mol. The van der Waals surface area contributed by atoms with Crippen molar-refractivity contribution in [1.29, 1.82) is 0 Å². The molecule has 2 N–H and O–H groups in total. The van der Waals surface area contributed by atoms with Crippen LogP contribution < -0.4 is 5.73 Å². The van der Waals surface area contributed by atoms with Gasteiger partial charge in [0.1, 0.15) is 5.76 Å². The first-order valence-electron chi connectivity index (χ1n) is 3.49. The minimum atomic E-state index is -4.44. The van der Waals surface area contributed by atoms with Crippen molar-refractivity contribution in [3.8, 4) is 0 Å². The number of furan rings is 1. The predicted octanol–water partition coefficient (Wildman–Crippen LogP) is 2.31. The summed E-state index contributed by atoms with van der Waals surface area (Å²) >= 11 is 0. The van der Waals surface area contributed by atoms with Crippen LogP contribution in [0.25, 0.3) is 5.57 Å². The Labute approximate surface area is 72.8 Å². The van der Waals surface area contributed by atoms with Crippen molar-refractivity contribution < 1.29 is 17.6 Å². The summed E-state index contributed by atoms with van der Waals surface area (Å²) in [6.07, 6.45) is -3.28. The van der Waals surface area contributed by atoms with Gasteiger partial charge in [0.15, 0.2) is 0 Å². The molecule has 0 spiro atoms. The van der Waals surface area contributed by atoms with Crippen LogP contribution in [0.4, 0.5) is 13.2 Å². The zero-order valence-electron chi connectivity index (χ0n) is 6.69. The van der Waals surface area contributed by atoms with E-state index in [0.29, 0.717) is 0 Å². The standard InChI is InChI=1S/C8H8F3NO/c1-5(8(9,10)11)6-2-3-13-7(6)4-12/h2-3H,1,4,12H2. The molecule has 72 valence electrons. The van der Waals surface area contributed by atoms with Crippen molar-refractivity contribution in [3.05, 3.63) is 30.2 Å². The molecule has 1 heterocycles. The van der Waals surface area contributed by atoms with Gasteiger partial charge in [-0.05, 0) is 6.07 Å². The predicted molar refractivity (Wildman–Crippen MR) is 41.7 cm³/mol. The average Bonchev–Trinajstić information content (AvgIpc) is 2.48. The number of alkyl halides is 3. The van der Waals surface area contributed by atoms with E-state index in [9.17, 15) is 13.2 Å². The Bertz CT molecular complexity index is 313. The molecule has 0 fully saturated rings. The molecule has 0 aliphatic heterocycles. The molecule has 5 heteroatoms. The maximum atomic E-state index is 12.1. The Kier molecular flexibility index (Phi) is 2.47. The minimum absolute atomic E-state index is 0.0720. The summed E-state index contributed by atoms with van der Waals surface area (Å²) in [5.74, 6) is 0.0994. The summed E-state index contributed by atoms with van der Waals surface area (Å²) in [6, 6.07) is 1.21. The molecule has 1 aromatic heterocycles. The van der Waals surface area contributed by atoms with Gasteiger partial charge in [-0.15, -0.1) is 0 Å². The molecule has 0 aromatic carbocycles. The zero-order valence-corrected chi connectivity index (χ0v) is 6.69. The number of nitrogens with two attached hydrogens (primary N) is 1. The number of hydrogen-bond donors (Lipinski definition) is 1. The summed E-state index contributed by atoms with van der Waals surface area (Å²) < 4.78 is 41.2. The molecular formula is C8H8F3NO. The van der Waals surface area contributed by atoms with Gasteiger partial charge in [0.05, 0.1) is 18.4 Å². The topological polar surface area (TPSA) is 39.2 Å². The molecule has 2 nitrogen and oxygen atoms in total. The molecule has 0 amide bonds. The second-order valence-corrected chi connectivity index (χ2v) is 2.44. The Morgan fingerprint density at radius 1 is 1.54 bits per heavy atom. The maximum Gasteiger partial charge on any atom is 0.416 e. The van der Waals surface area contributed by atoms with E-state index in [-0.39, 0.29) is 17.9 Å². The second-order valence-electron chi connectivity index (χ2n) is 2.44. The maximum absolute atomic E-state index is 12.1. The first-order valence-corrected chi connectivity index (χ1v) is 3.49. The third kappa shape index (κ3) is 1.92. The normalized spacial score (nSPS) is 11.7. The fourth-order valence-corrected chi connectivity index (χ4v) is 0.920. The van der Waals surface area contributed by atoms with Crippen molar-refractivity contribution in [1.82, 2.24) is 0 Å². The molecule has 0 bridgehead atoms. The van der Waals surface area contributed by atoms with Crippen LogP contribution >= 0.6 is 0 Å². The molecule has 0 saturated carbocycles. The van der Waals surface area contributed by atoms with Gasteiger partial charge in [-0.25, -0.2) is 0 Å². The third-order valence-electron chi connectivity index (χ3n) is 1.60. The molecule has 0 aliphatic rings. The average molecular weight is 191 g/mol. The highest BCUT2D eigenvalue weighted by Gasteiger charge is 2.34. The lowest BCUT2D eigenvalue weighted by Gasteiger charge is -2.08. The van der Waals surface area contributed by atoms with E-state index in [0.717, 1.165) is 6.26 Å². The molecule has 13 heavy (non-hydrogen) atoms. The van der Waals surface area contributed by atoms with Gasteiger partial charge in [0.2, 0.25) is 0 Å². The quantitative estimate of drug-likeness (QED) is 0.779. The highest BCUT2D eigenvalue weighted by Crippen LogP contribution is 2.34. The van der Waals surface area contributed by atoms with Crippen LogP contribution in [0.5, 0.6) is 0 Å². The van der Waals surface area contributed by atoms with E-state index < -0.39 is 11.7 Å². The van der Waals surface area contributed by atoms with Crippen LogP contribution in [0, 0.1) is 0 Å². The summed E-state index contributed by atoms with van der Waals surface area (Å²) in [5.41, 5.74) is 4.17. The Balaban J connectivity index is 3.02. The van der Waals surface area contributed by atoms with Gasteiger partial charge >= 0.3 is 6.18 Å². The van der Waals surface area contributed by atoms with E-state index in [1.165, 1.54) is 6.07 Å². The third-order valence-corrected chi connectivity index (χ3v) is 1.60. The fraction of sp³-hybridized carbons (Fsp3) is 0.250. The summed E-state index contributed by atoms with van der Waals surface area (Å²) in [6.45, 7) is 2.86. The Morgan fingerprint density at radius 2 is 2.15 bits per heavy atom. The Hall–Kier alpha value is -1.23. The van der Waals surface area contributed by atoms with Crippen molar-refractivity contribution in [3.63, 3.8) is 0 Å². The van der Waals surface area contributed by atoms with Gasteiger partial charge in [-0.2, -0.15) is 13.2 Å². The molecule has 0 aliphatic carbocycles. The first kappa shape index (κ1) is 9.85. The fourth-order valence-electron chi connectivity index (χ4n) is 0.920. The number of hydrogen-bond acceptors (Lipinski definition) is 2. The SMILES string of the molecule is C=C(c1ccoc1CN)C(F)(F)F. The van der Waals surface area contributed by atoms with Crippen LogP contribution in [0.2, 0.25) is 0 Å². The monoisotopic (exact) mass is 191 g/mol. The van der Waals surface area contributed by atoms with Crippen LogP contribution in [-0.4, -0.2) is 6.18 Å². The molecule has 0 radical (unpaired) electrons. The van der Waals surface area contributed by atoms with Gasteiger partial charge in [-0.3, -0.25) is 0 Å². The van der Waals surface area contributed by atoms with Gasteiger partial charge in [-0.1, -0.05) is 6.58 Å². The van der Waals surface area contributed by atoms with E-state index in [1.54, 1.807) is 0 Å². The second kappa shape index (κ2) is 3.26. The molecule has 1 rings (SSSR count). The van der Waals surface area contributed by atoms with E-state index in [2.05, 4.69) is 6.58 Å². The lowest BCUT2D eigenvalue weighted by atomic mass is 10.1. The van der Waals surface area contributed by atoms with Crippen molar-refractivity contribution in [2.24, 2.45) is 5.73 Å². The molecule has 0 unspecified atom stereocenters. The van der Waals surface area contributed by atoms with Crippen LogP contribution in [0.1, 0.15) is 11.3 Å².